The molecular weight excluding hydrogens is 152 g/mol. The molecule has 2 N–H and O–H groups in total. The molecule has 0 aliphatic carbocycles. The van der Waals surface area contributed by atoms with Crippen molar-refractivity contribution in [3.63, 3.8) is 0 Å². The van der Waals surface area contributed by atoms with Gasteiger partial charge in [0.25, 0.3) is 0 Å². The van der Waals surface area contributed by atoms with Gasteiger partial charge in [0, 0.05) is 0 Å². The second kappa shape index (κ2) is 7.07. The monoisotopic (exact) mass is 170 g/mol. The molecule has 0 fully saturated rings. The van der Waals surface area contributed by atoms with Crippen LogP contribution in [-0.4, -0.2) is 22.4 Å². The Hall–Kier alpha value is -0.600. The number of hydrogen-bond acceptors (Lipinski definition) is 2. The first-order valence-electron chi connectivity index (χ1n) is 4.30. The minimum atomic E-state index is -0.641. The summed E-state index contributed by atoms with van der Waals surface area (Å²) in [5.74, 6) is 0. The van der Waals surface area contributed by atoms with Gasteiger partial charge >= 0.3 is 0 Å². The maximum atomic E-state index is 9.34. The van der Waals surface area contributed by atoms with Crippen molar-refractivity contribution in [1.29, 1.82) is 0 Å². The largest absolute Gasteiger partial charge is 0.390 e. The SMILES string of the molecule is C/C=C/CC(O)C(O)C/C=C/C. The lowest BCUT2D eigenvalue weighted by atomic mass is 10.1. The first-order valence-corrected chi connectivity index (χ1v) is 4.30. The van der Waals surface area contributed by atoms with Crippen LogP contribution in [0.15, 0.2) is 24.3 Å². The van der Waals surface area contributed by atoms with E-state index in [0.717, 1.165) is 0 Å². The van der Waals surface area contributed by atoms with Crippen molar-refractivity contribution in [2.75, 3.05) is 0 Å². The Morgan fingerprint density at radius 1 is 0.917 bits per heavy atom. The molecule has 0 aliphatic rings. The predicted molar refractivity (Wildman–Crippen MR) is 50.9 cm³/mol. The molecule has 0 aromatic rings. The highest BCUT2D eigenvalue weighted by Crippen LogP contribution is 2.04. The Morgan fingerprint density at radius 2 is 1.25 bits per heavy atom. The van der Waals surface area contributed by atoms with Crippen LogP contribution in [0.2, 0.25) is 0 Å². The first kappa shape index (κ1) is 11.4. The summed E-state index contributed by atoms with van der Waals surface area (Å²) in [4.78, 5) is 0. The zero-order chi connectivity index (χ0) is 9.40. The molecule has 0 aromatic heterocycles. The minimum Gasteiger partial charge on any atom is -0.390 e. The number of aliphatic hydroxyl groups is 2. The third kappa shape index (κ3) is 5.10. The zero-order valence-corrected chi connectivity index (χ0v) is 7.77. The lowest BCUT2D eigenvalue weighted by Gasteiger charge is -2.13. The summed E-state index contributed by atoms with van der Waals surface area (Å²) in [6, 6.07) is 0. The number of hydrogen-bond donors (Lipinski definition) is 2. The summed E-state index contributed by atoms with van der Waals surface area (Å²) in [5, 5.41) is 18.7. The molecule has 0 saturated carbocycles. The quantitative estimate of drug-likeness (QED) is 0.616. The van der Waals surface area contributed by atoms with Gasteiger partial charge < -0.3 is 10.2 Å². The molecule has 0 spiro atoms. The van der Waals surface area contributed by atoms with E-state index in [1.807, 2.05) is 38.2 Å². The van der Waals surface area contributed by atoms with Crippen molar-refractivity contribution in [2.24, 2.45) is 0 Å². The second-order valence-corrected chi connectivity index (χ2v) is 2.74. The van der Waals surface area contributed by atoms with E-state index in [1.165, 1.54) is 0 Å². The lowest BCUT2D eigenvalue weighted by molar-refractivity contribution is 0.0238. The molecule has 0 aliphatic heterocycles. The van der Waals surface area contributed by atoms with Crippen molar-refractivity contribution in [3.05, 3.63) is 24.3 Å². The van der Waals surface area contributed by atoms with E-state index in [2.05, 4.69) is 0 Å². The summed E-state index contributed by atoms with van der Waals surface area (Å²) in [5.41, 5.74) is 0. The van der Waals surface area contributed by atoms with E-state index in [-0.39, 0.29) is 0 Å². The maximum absolute atomic E-state index is 9.34. The molecule has 2 heteroatoms. The summed E-state index contributed by atoms with van der Waals surface area (Å²) in [6.45, 7) is 3.79. The number of allylic oxidation sites excluding steroid dienone is 2. The van der Waals surface area contributed by atoms with Gasteiger partial charge in [-0.1, -0.05) is 24.3 Å². The molecule has 0 bridgehead atoms. The van der Waals surface area contributed by atoms with Gasteiger partial charge in [0.15, 0.2) is 0 Å². The van der Waals surface area contributed by atoms with E-state index in [0.29, 0.717) is 12.8 Å². The van der Waals surface area contributed by atoms with E-state index < -0.39 is 12.2 Å². The fraction of sp³-hybridized carbons (Fsp3) is 0.600. The van der Waals surface area contributed by atoms with Crippen molar-refractivity contribution >= 4 is 0 Å². The van der Waals surface area contributed by atoms with E-state index >= 15 is 0 Å². The van der Waals surface area contributed by atoms with E-state index in [1.54, 1.807) is 0 Å². The van der Waals surface area contributed by atoms with Gasteiger partial charge in [-0.3, -0.25) is 0 Å². The number of rotatable bonds is 5. The van der Waals surface area contributed by atoms with Gasteiger partial charge in [0.05, 0.1) is 12.2 Å². The fourth-order valence-corrected chi connectivity index (χ4v) is 0.865. The molecule has 0 radical (unpaired) electrons. The summed E-state index contributed by atoms with van der Waals surface area (Å²) < 4.78 is 0. The van der Waals surface area contributed by atoms with Gasteiger partial charge in [-0.05, 0) is 26.7 Å². The van der Waals surface area contributed by atoms with Gasteiger partial charge in [-0.25, -0.2) is 0 Å². The van der Waals surface area contributed by atoms with Crippen molar-refractivity contribution < 1.29 is 10.2 Å². The summed E-state index contributed by atoms with van der Waals surface area (Å²) in [6.07, 6.45) is 7.20. The highest BCUT2D eigenvalue weighted by molar-refractivity contribution is 4.87. The van der Waals surface area contributed by atoms with Crippen LogP contribution in [0.25, 0.3) is 0 Å². The molecule has 0 rings (SSSR count). The van der Waals surface area contributed by atoms with Gasteiger partial charge in [0.2, 0.25) is 0 Å². The topological polar surface area (TPSA) is 40.5 Å². The Kier molecular flexibility index (Phi) is 6.72. The average molecular weight is 170 g/mol. The third-order valence-electron chi connectivity index (χ3n) is 1.67. The van der Waals surface area contributed by atoms with E-state index in [4.69, 9.17) is 0 Å². The molecule has 2 atom stereocenters. The Balaban J connectivity index is 3.67. The molecule has 2 nitrogen and oxygen atoms in total. The molecular formula is C10H18O2. The molecule has 12 heavy (non-hydrogen) atoms. The Bertz CT molecular complexity index is 132. The van der Waals surface area contributed by atoms with Gasteiger partial charge in [-0.2, -0.15) is 0 Å². The average Bonchev–Trinajstić information content (AvgIpc) is 2.10. The zero-order valence-electron chi connectivity index (χ0n) is 7.77. The molecule has 0 amide bonds. The predicted octanol–water partition coefficient (Wildman–Crippen LogP) is 1.64. The Labute approximate surface area is 74.2 Å². The van der Waals surface area contributed by atoms with Crippen LogP contribution in [0.1, 0.15) is 26.7 Å². The van der Waals surface area contributed by atoms with Gasteiger partial charge in [0.1, 0.15) is 0 Å². The highest BCUT2D eigenvalue weighted by Gasteiger charge is 2.12. The Morgan fingerprint density at radius 3 is 1.50 bits per heavy atom. The molecule has 0 aromatic carbocycles. The van der Waals surface area contributed by atoms with Crippen LogP contribution < -0.4 is 0 Å². The third-order valence-corrected chi connectivity index (χ3v) is 1.67. The van der Waals surface area contributed by atoms with Crippen molar-refractivity contribution in [3.8, 4) is 0 Å². The van der Waals surface area contributed by atoms with Crippen LogP contribution in [0, 0.1) is 0 Å². The maximum Gasteiger partial charge on any atom is 0.0836 e. The molecule has 2 unspecified atom stereocenters. The smallest absolute Gasteiger partial charge is 0.0836 e. The van der Waals surface area contributed by atoms with E-state index in [9.17, 15) is 10.2 Å². The van der Waals surface area contributed by atoms with Crippen molar-refractivity contribution in [2.45, 2.75) is 38.9 Å². The summed E-state index contributed by atoms with van der Waals surface area (Å²) in [7, 11) is 0. The van der Waals surface area contributed by atoms with Crippen LogP contribution in [0.3, 0.4) is 0 Å². The minimum absolute atomic E-state index is 0.523. The highest BCUT2D eigenvalue weighted by atomic mass is 16.3. The number of aliphatic hydroxyl groups excluding tert-OH is 2. The lowest BCUT2D eigenvalue weighted by Crippen LogP contribution is -2.24. The molecule has 0 saturated heterocycles. The normalized spacial score (nSPS) is 17.3. The van der Waals surface area contributed by atoms with Crippen LogP contribution in [0.4, 0.5) is 0 Å². The van der Waals surface area contributed by atoms with Crippen LogP contribution in [-0.2, 0) is 0 Å². The van der Waals surface area contributed by atoms with Crippen molar-refractivity contribution in [1.82, 2.24) is 0 Å². The second-order valence-electron chi connectivity index (χ2n) is 2.74. The fourth-order valence-electron chi connectivity index (χ4n) is 0.865. The molecule has 0 heterocycles. The first-order chi connectivity index (χ1) is 5.72. The standard InChI is InChI=1S/C10H18O2/c1-3-5-7-9(11)10(12)8-6-4-2/h3-6,9-12H,7-8H2,1-2H3/b5-3+,6-4+. The van der Waals surface area contributed by atoms with Crippen LogP contribution in [0.5, 0.6) is 0 Å². The van der Waals surface area contributed by atoms with Gasteiger partial charge in [-0.15, -0.1) is 0 Å². The van der Waals surface area contributed by atoms with Crippen LogP contribution >= 0.6 is 0 Å². The molecule has 70 valence electrons. The summed E-state index contributed by atoms with van der Waals surface area (Å²) >= 11 is 0.